The van der Waals surface area contributed by atoms with Gasteiger partial charge < -0.3 is 4.74 Å². The molecule has 50 valence electrons. The third-order valence-corrected chi connectivity index (χ3v) is 1.60. The molecular formula is C8H6O2. The molecule has 0 aromatic rings. The summed E-state index contributed by atoms with van der Waals surface area (Å²) < 4.78 is 4.97. The minimum Gasteiger partial charge on any atom is -0.496 e. The number of ether oxygens (including phenoxy) is 1. The number of allylic oxidation sites excluding steroid dienone is 3. The van der Waals surface area contributed by atoms with E-state index in [1.165, 1.54) is 6.26 Å². The van der Waals surface area contributed by atoms with Crippen LogP contribution in [0, 0.1) is 0 Å². The number of rotatable bonds is 0. The highest BCUT2D eigenvalue weighted by molar-refractivity contribution is 6.08. The molecule has 2 nitrogen and oxygen atoms in total. The zero-order chi connectivity index (χ0) is 6.97. The summed E-state index contributed by atoms with van der Waals surface area (Å²) in [5, 5.41) is 0. The number of hydrogen-bond donors (Lipinski definition) is 0. The van der Waals surface area contributed by atoms with Crippen LogP contribution in [0.25, 0.3) is 0 Å². The topological polar surface area (TPSA) is 26.3 Å². The first-order chi connectivity index (χ1) is 4.88. The Hall–Kier alpha value is -1.31. The average Bonchev–Trinajstić information content (AvgIpc) is 2.36. The molecule has 0 atom stereocenters. The summed E-state index contributed by atoms with van der Waals surface area (Å²) >= 11 is 0. The van der Waals surface area contributed by atoms with E-state index in [1.54, 1.807) is 12.2 Å². The second-order valence-electron chi connectivity index (χ2n) is 2.26. The Morgan fingerprint density at radius 1 is 1.50 bits per heavy atom. The van der Waals surface area contributed by atoms with Crippen LogP contribution in [-0.4, -0.2) is 12.4 Å². The van der Waals surface area contributed by atoms with Crippen LogP contribution in [0.5, 0.6) is 0 Å². The molecule has 2 rings (SSSR count). The second-order valence-corrected chi connectivity index (χ2v) is 2.26. The Kier molecular flexibility index (Phi) is 1.01. The molecular weight excluding hydrogens is 128 g/mol. The number of carbonyl (C=O) groups is 1. The maximum absolute atomic E-state index is 11.0. The minimum atomic E-state index is 0.0509. The lowest BCUT2D eigenvalue weighted by Crippen LogP contribution is -2.02. The molecule has 0 aromatic carbocycles. The Morgan fingerprint density at radius 2 is 2.40 bits per heavy atom. The first-order valence-electron chi connectivity index (χ1n) is 3.11. The van der Waals surface area contributed by atoms with Gasteiger partial charge in [0.05, 0.1) is 11.8 Å². The van der Waals surface area contributed by atoms with Gasteiger partial charge in [-0.05, 0) is 6.08 Å². The predicted molar refractivity (Wildman–Crippen MR) is 36.3 cm³/mol. The molecule has 1 heterocycles. The fourth-order valence-corrected chi connectivity index (χ4v) is 1.06. The molecule has 0 spiro atoms. The van der Waals surface area contributed by atoms with E-state index in [4.69, 9.17) is 4.74 Å². The van der Waals surface area contributed by atoms with Crippen LogP contribution in [0.3, 0.4) is 0 Å². The molecule has 10 heavy (non-hydrogen) atoms. The van der Waals surface area contributed by atoms with Crippen LogP contribution in [0.1, 0.15) is 0 Å². The van der Waals surface area contributed by atoms with E-state index < -0.39 is 0 Å². The molecule has 0 fully saturated rings. The summed E-state index contributed by atoms with van der Waals surface area (Å²) in [5.41, 5.74) is 1.70. The van der Waals surface area contributed by atoms with Crippen LogP contribution in [0.15, 0.2) is 35.6 Å². The molecule has 0 amide bonds. The third-order valence-electron chi connectivity index (χ3n) is 1.60. The summed E-state index contributed by atoms with van der Waals surface area (Å²) in [6.07, 6.45) is 6.73. The van der Waals surface area contributed by atoms with E-state index >= 15 is 0 Å². The highest BCUT2D eigenvalue weighted by atomic mass is 16.5. The lowest BCUT2D eigenvalue weighted by molar-refractivity contribution is -0.111. The minimum absolute atomic E-state index is 0.0509. The van der Waals surface area contributed by atoms with E-state index in [9.17, 15) is 4.79 Å². The smallest absolute Gasteiger partial charge is 0.189 e. The van der Waals surface area contributed by atoms with Gasteiger partial charge in [0, 0.05) is 5.57 Å². The quantitative estimate of drug-likeness (QED) is 0.493. The van der Waals surface area contributed by atoms with Crippen LogP contribution in [-0.2, 0) is 9.53 Å². The molecule has 0 N–H and O–H groups in total. The van der Waals surface area contributed by atoms with Gasteiger partial charge in [-0.3, -0.25) is 4.79 Å². The van der Waals surface area contributed by atoms with Gasteiger partial charge in [-0.2, -0.15) is 0 Å². The van der Waals surface area contributed by atoms with E-state index in [2.05, 4.69) is 0 Å². The van der Waals surface area contributed by atoms with Crippen LogP contribution in [0.2, 0.25) is 0 Å². The summed E-state index contributed by atoms with van der Waals surface area (Å²) in [4.78, 5) is 11.0. The van der Waals surface area contributed by atoms with Crippen LogP contribution >= 0.6 is 0 Å². The zero-order valence-corrected chi connectivity index (χ0v) is 5.33. The zero-order valence-electron chi connectivity index (χ0n) is 5.33. The Morgan fingerprint density at radius 3 is 3.20 bits per heavy atom. The maximum atomic E-state index is 11.0. The fraction of sp³-hybridized carbons (Fsp3) is 0.125. The lowest BCUT2D eigenvalue weighted by atomic mass is 10.0. The highest BCUT2D eigenvalue weighted by Gasteiger charge is 2.19. The summed E-state index contributed by atoms with van der Waals surface area (Å²) in [6, 6.07) is 0. The van der Waals surface area contributed by atoms with Crippen molar-refractivity contribution in [3.05, 3.63) is 35.6 Å². The molecule has 1 aliphatic heterocycles. The molecule has 0 radical (unpaired) electrons. The van der Waals surface area contributed by atoms with Gasteiger partial charge in [0.1, 0.15) is 6.61 Å². The second kappa shape index (κ2) is 1.84. The van der Waals surface area contributed by atoms with Crippen molar-refractivity contribution < 1.29 is 9.53 Å². The monoisotopic (exact) mass is 134 g/mol. The van der Waals surface area contributed by atoms with E-state index in [1.807, 2.05) is 6.08 Å². The van der Waals surface area contributed by atoms with Gasteiger partial charge in [-0.1, -0.05) is 12.2 Å². The maximum Gasteiger partial charge on any atom is 0.189 e. The van der Waals surface area contributed by atoms with Gasteiger partial charge in [0.2, 0.25) is 0 Å². The van der Waals surface area contributed by atoms with Gasteiger partial charge in [0.15, 0.2) is 5.78 Å². The molecule has 1 aliphatic carbocycles. The van der Waals surface area contributed by atoms with Crippen molar-refractivity contribution >= 4 is 5.78 Å². The van der Waals surface area contributed by atoms with Crippen molar-refractivity contribution in [3.8, 4) is 0 Å². The first-order valence-corrected chi connectivity index (χ1v) is 3.11. The number of ketones is 1. The van der Waals surface area contributed by atoms with Crippen LogP contribution in [0.4, 0.5) is 0 Å². The summed E-state index contributed by atoms with van der Waals surface area (Å²) in [7, 11) is 0. The SMILES string of the molecule is O=C1C=CC=C2COC=C12. The lowest BCUT2D eigenvalue weighted by Gasteiger charge is -2.00. The normalized spacial score (nSPS) is 21.4. The van der Waals surface area contributed by atoms with Crippen molar-refractivity contribution in [2.75, 3.05) is 6.61 Å². The van der Waals surface area contributed by atoms with Crippen molar-refractivity contribution in [2.45, 2.75) is 0 Å². The van der Waals surface area contributed by atoms with E-state index in [0.717, 1.165) is 5.57 Å². The van der Waals surface area contributed by atoms with Crippen molar-refractivity contribution in [1.29, 1.82) is 0 Å². The molecule has 0 saturated heterocycles. The number of carbonyl (C=O) groups excluding carboxylic acids is 1. The molecule has 2 aliphatic rings. The molecule has 0 saturated carbocycles. The predicted octanol–water partition coefficient (Wildman–Crippen LogP) is 0.966. The highest BCUT2D eigenvalue weighted by Crippen LogP contribution is 2.21. The van der Waals surface area contributed by atoms with Gasteiger partial charge >= 0.3 is 0 Å². The summed E-state index contributed by atoms with van der Waals surface area (Å²) in [5.74, 6) is 0.0509. The molecule has 2 heteroatoms. The Labute approximate surface area is 58.5 Å². The van der Waals surface area contributed by atoms with Gasteiger partial charge in [0.25, 0.3) is 0 Å². The molecule has 0 aromatic heterocycles. The standard InChI is InChI=1S/C8H6O2/c9-8-3-1-2-6-4-10-5-7(6)8/h1-3,5H,4H2. The van der Waals surface area contributed by atoms with E-state index in [-0.39, 0.29) is 5.78 Å². The largest absolute Gasteiger partial charge is 0.496 e. The third kappa shape index (κ3) is 0.620. The Bertz CT molecular complexity index is 269. The fourth-order valence-electron chi connectivity index (χ4n) is 1.06. The van der Waals surface area contributed by atoms with Crippen molar-refractivity contribution in [1.82, 2.24) is 0 Å². The first kappa shape index (κ1) is 5.47. The van der Waals surface area contributed by atoms with Gasteiger partial charge in [-0.25, -0.2) is 0 Å². The van der Waals surface area contributed by atoms with E-state index in [0.29, 0.717) is 12.2 Å². The molecule has 0 bridgehead atoms. The van der Waals surface area contributed by atoms with Crippen molar-refractivity contribution in [2.24, 2.45) is 0 Å². The Balaban J connectivity index is 2.48. The average molecular weight is 134 g/mol. The van der Waals surface area contributed by atoms with Gasteiger partial charge in [-0.15, -0.1) is 0 Å². The summed E-state index contributed by atoms with van der Waals surface area (Å²) in [6.45, 7) is 0.547. The van der Waals surface area contributed by atoms with Crippen LogP contribution < -0.4 is 0 Å². The number of hydrogen-bond acceptors (Lipinski definition) is 2. The van der Waals surface area contributed by atoms with Crippen molar-refractivity contribution in [3.63, 3.8) is 0 Å². The molecule has 0 unspecified atom stereocenters. The number of fused-ring (bicyclic) bond motifs is 1.